The van der Waals surface area contributed by atoms with E-state index in [2.05, 4.69) is 5.32 Å². The molecule has 0 saturated carbocycles. The lowest BCUT2D eigenvalue weighted by molar-refractivity contribution is -0.384. The summed E-state index contributed by atoms with van der Waals surface area (Å²) in [4.78, 5) is 9.23. The van der Waals surface area contributed by atoms with Crippen molar-refractivity contribution in [2.24, 2.45) is 0 Å². The molecule has 0 aliphatic heterocycles. The van der Waals surface area contributed by atoms with Gasteiger partial charge in [-0.25, -0.2) is 17.2 Å². The number of nitrogens with one attached hydrogen (secondary N) is 1. The van der Waals surface area contributed by atoms with E-state index in [1.54, 1.807) is 0 Å². The molecule has 0 aliphatic carbocycles. The molecule has 0 amide bonds. The molecule has 11 heteroatoms. The van der Waals surface area contributed by atoms with Gasteiger partial charge in [-0.3, -0.25) is 10.1 Å². The van der Waals surface area contributed by atoms with E-state index in [4.69, 9.17) is 0 Å². The molecule has 0 saturated heterocycles. The number of rotatable bonds is 7. The average Bonchev–Trinajstić information content (AvgIpc) is 2.57. The first-order chi connectivity index (χ1) is 12.1. The molecule has 2 aromatic carbocycles. The van der Waals surface area contributed by atoms with E-state index in [1.807, 2.05) is 0 Å². The van der Waals surface area contributed by atoms with E-state index in [-0.39, 0.29) is 24.2 Å². The highest BCUT2D eigenvalue weighted by Crippen LogP contribution is 2.29. The van der Waals surface area contributed by atoms with Gasteiger partial charge in [0.15, 0.2) is 0 Å². The van der Waals surface area contributed by atoms with Crippen LogP contribution >= 0.6 is 0 Å². The van der Waals surface area contributed by atoms with Crippen molar-refractivity contribution in [3.05, 3.63) is 63.7 Å². The smallest absolute Gasteiger partial charge is 0.341 e. The Morgan fingerprint density at radius 1 is 1.12 bits per heavy atom. The molecule has 0 unspecified atom stereocenters. The van der Waals surface area contributed by atoms with Crippen molar-refractivity contribution in [3.8, 4) is 0 Å². The number of anilines is 1. The number of halogens is 4. The number of nitrogens with zero attached hydrogens (tertiary/aromatic N) is 1. The largest absolute Gasteiger partial charge is 0.379 e. The van der Waals surface area contributed by atoms with Crippen molar-refractivity contribution in [2.75, 3.05) is 11.9 Å². The van der Waals surface area contributed by atoms with Gasteiger partial charge in [0, 0.05) is 18.2 Å². The van der Waals surface area contributed by atoms with Crippen LogP contribution in [0.4, 0.5) is 28.9 Å². The quantitative estimate of drug-likeness (QED) is 0.442. The maximum Gasteiger partial charge on any atom is 0.341 e. The molecule has 0 heterocycles. The summed E-state index contributed by atoms with van der Waals surface area (Å²) in [6, 6.07) is 5.56. The van der Waals surface area contributed by atoms with Crippen LogP contribution in [0.15, 0.2) is 41.3 Å². The van der Waals surface area contributed by atoms with E-state index in [1.165, 1.54) is 6.07 Å². The summed E-state index contributed by atoms with van der Waals surface area (Å²) in [5.74, 6) is -5.27. The second kappa shape index (κ2) is 7.68. The van der Waals surface area contributed by atoms with Gasteiger partial charge >= 0.3 is 5.76 Å². The Balaban J connectivity index is 2.23. The Hall–Kier alpha value is -2.69. The molecular weight excluding hydrogens is 380 g/mol. The van der Waals surface area contributed by atoms with Crippen LogP contribution in [0.5, 0.6) is 0 Å². The molecule has 0 spiro atoms. The van der Waals surface area contributed by atoms with Gasteiger partial charge in [0.1, 0.15) is 17.3 Å². The maximum absolute atomic E-state index is 13.5. The van der Waals surface area contributed by atoms with Gasteiger partial charge < -0.3 is 5.32 Å². The molecule has 140 valence electrons. The molecule has 0 fully saturated rings. The molecule has 0 radical (unpaired) electrons. The Morgan fingerprint density at radius 2 is 1.73 bits per heavy atom. The van der Waals surface area contributed by atoms with Gasteiger partial charge in [-0.15, -0.1) is 0 Å². The summed E-state index contributed by atoms with van der Waals surface area (Å²) in [7, 11) is -4.99. The first kappa shape index (κ1) is 19.6. The van der Waals surface area contributed by atoms with E-state index in [0.717, 1.165) is 24.3 Å². The normalized spacial score (nSPS) is 11.6. The molecule has 2 rings (SSSR count). The van der Waals surface area contributed by atoms with E-state index in [9.17, 15) is 36.1 Å². The zero-order chi connectivity index (χ0) is 19.5. The molecule has 2 aromatic rings. The Bertz CT molecular complexity index is 915. The fraction of sp³-hybridized carbons (Fsp3) is 0.200. The number of sulfone groups is 1. The fourth-order valence-corrected chi connectivity index (χ4v) is 2.92. The highest BCUT2D eigenvalue weighted by atomic mass is 32.2. The predicted molar refractivity (Wildman–Crippen MR) is 84.8 cm³/mol. The van der Waals surface area contributed by atoms with Crippen LogP contribution in [0.1, 0.15) is 5.56 Å². The van der Waals surface area contributed by atoms with Gasteiger partial charge in [-0.1, -0.05) is 6.07 Å². The summed E-state index contributed by atoms with van der Waals surface area (Å²) in [6.45, 7) is -0.111. The minimum absolute atomic E-state index is 0.111. The molecule has 1 N–H and O–H groups in total. The third kappa shape index (κ3) is 4.10. The van der Waals surface area contributed by atoms with Crippen molar-refractivity contribution < 1.29 is 30.9 Å². The SMILES string of the molecule is O=[N+]([O-])c1cc(S(=O)(=O)C(F)F)ccc1NCCc1c(F)cccc1F. The number of nitro benzene ring substituents is 1. The van der Waals surface area contributed by atoms with Crippen molar-refractivity contribution in [2.45, 2.75) is 17.1 Å². The zero-order valence-corrected chi connectivity index (χ0v) is 13.8. The van der Waals surface area contributed by atoms with Crippen LogP contribution in [-0.2, 0) is 16.3 Å². The number of alkyl halides is 2. The second-order valence-electron chi connectivity index (χ2n) is 5.12. The van der Waals surface area contributed by atoms with Crippen LogP contribution in [0, 0.1) is 21.7 Å². The van der Waals surface area contributed by atoms with Crippen LogP contribution < -0.4 is 5.32 Å². The molecule has 0 aromatic heterocycles. The van der Waals surface area contributed by atoms with Crippen molar-refractivity contribution in [1.29, 1.82) is 0 Å². The number of hydrogen-bond acceptors (Lipinski definition) is 5. The van der Waals surface area contributed by atoms with Crippen molar-refractivity contribution >= 4 is 21.2 Å². The summed E-state index contributed by atoms with van der Waals surface area (Å²) >= 11 is 0. The lowest BCUT2D eigenvalue weighted by Gasteiger charge is -2.10. The highest BCUT2D eigenvalue weighted by Gasteiger charge is 2.29. The summed E-state index contributed by atoms with van der Waals surface area (Å²) in [5.41, 5.74) is -1.14. The van der Waals surface area contributed by atoms with Gasteiger partial charge in [0.25, 0.3) is 5.69 Å². The summed E-state index contributed by atoms with van der Waals surface area (Å²) in [5, 5.41) is 13.6. The topological polar surface area (TPSA) is 89.3 Å². The van der Waals surface area contributed by atoms with E-state index < -0.39 is 42.7 Å². The van der Waals surface area contributed by atoms with Gasteiger partial charge in [0.05, 0.1) is 9.82 Å². The van der Waals surface area contributed by atoms with Gasteiger partial charge in [0.2, 0.25) is 9.84 Å². The second-order valence-corrected chi connectivity index (χ2v) is 7.04. The maximum atomic E-state index is 13.5. The van der Waals surface area contributed by atoms with Crippen LogP contribution in [0.3, 0.4) is 0 Å². The Morgan fingerprint density at radius 3 is 2.27 bits per heavy atom. The summed E-state index contributed by atoms with van der Waals surface area (Å²) < 4.78 is 75.0. The number of nitro groups is 1. The van der Waals surface area contributed by atoms with Crippen LogP contribution in [0.2, 0.25) is 0 Å². The highest BCUT2D eigenvalue weighted by molar-refractivity contribution is 7.91. The van der Waals surface area contributed by atoms with Crippen molar-refractivity contribution in [3.63, 3.8) is 0 Å². The Labute approximate surface area is 145 Å². The van der Waals surface area contributed by atoms with Crippen LogP contribution in [-0.4, -0.2) is 25.6 Å². The molecule has 26 heavy (non-hydrogen) atoms. The minimum atomic E-state index is -4.99. The molecular formula is C15H12F4N2O4S. The molecule has 0 aliphatic rings. The monoisotopic (exact) mass is 392 g/mol. The third-order valence-electron chi connectivity index (χ3n) is 3.48. The number of benzene rings is 2. The minimum Gasteiger partial charge on any atom is -0.379 e. The summed E-state index contributed by atoms with van der Waals surface area (Å²) in [6.07, 6.45) is -0.146. The van der Waals surface area contributed by atoms with Gasteiger partial charge in [-0.2, -0.15) is 8.78 Å². The first-order valence-corrected chi connectivity index (χ1v) is 8.66. The molecule has 6 nitrogen and oxygen atoms in total. The first-order valence-electron chi connectivity index (χ1n) is 7.12. The standard InChI is InChI=1S/C15H12F4N2O4S/c16-11-2-1-3-12(17)10(11)6-7-20-13-5-4-9(8-14(13)21(22)23)26(24,25)15(18)19/h1-5,8,15,20H,6-7H2. The lowest BCUT2D eigenvalue weighted by atomic mass is 10.1. The zero-order valence-electron chi connectivity index (χ0n) is 13.0. The lowest BCUT2D eigenvalue weighted by Crippen LogP contribution is -2.13. The van der Waals surface area contributed by atoms with Crippen molar-refractivity contribution in [1.82, 2.24) is 0 Å². The van der Waals surface area contributed by atoms with E-state index >= 15 is 0 Å². The van der Waals surface area contributed by atoms with E-state index in [0.29, 0.717) is 6.07 Å². The average molecular weight is 392 g/mol. The molecule has 0 atom stereocenters. The fourth-order valence-electron chi connectivity index (χ4n) is 2.19. The Kier molecular flexibility index (Phi) is 5.80. The number of hydrogen-bond donors (Lipinski definition) is 1. The third-order valence-corrected chi connectivity index (χ3v) is 4.86. The van der Waals surface area contributed by atoms with Crippen LogP contribution in [0.25, 0.3) is 0 Å². The molecule has 0 bridgehead atoms. The predicted octanol–water partition coefficient (Wildman–Crippen LogP) is 3.52. The van der Waals surface area contributed by atoms with Gasteiger partial charge in [-0.05, 0) is 30.7 Å².